The van der Waals surface area contributed by atoms with Gasteiger partial charge in [-0.05, 0) is 13.0 Å². The number of hydrogen-bond acceptors (Lipinski definition) is 2. The highest BCUT2D eigenvalue weighted by Gasteiger charge is 1.95. The van der Waals surface area contributed by atoms with E-state index in [4.69, 9.17) is 0 Å². The van der Waals surface area contributed by atoms with Crippen LogP contribution in [0.1, 0.15) is 5.01 Å². The zero-order chi connectivity index (χ0) is 6.97. The second kappa shape index (κ2) is 2.06. The Kier molecular flexibility index (Phi) is 1.21. The van der Waals surface area contributed by atoms with Crippen molar-refractivity contribution in [1.82, 2.24) is 4.98 Å². The summed E-state index contributed by atoms with van der Waals surface area (Å²) in [6.07, 6.45) is 0. The van der Waals surface area contributed by atoms with Crippen LogP contribution in [0.25, 0.3) is 10.2 Å². The Morgan fingerprint density at radius 2 is 2.50 bits per heavy atom. The molecule has 1 radical (unpaired) electrons. The summed E-state index contributed by atoms with van der Waals surface area (Å²) in [6, 6.07) is 9.01. The summed E-state index contributed by atoms with van der Waals surface area (Å²) in [5.41, 5.74) is 0.991. The van der Waals surface area contributed by atoms with Crippen LogP contribution in [-0.2, 0) is 0 Å². The Hall–Kier alpha value is -0.890. The zero-order valence-electron chi connectivity index (χ0n) is 5.59. The minimum absolute atomic E-state index is 0.991. The van der Waals surface area contributed by atoms with Gasteiger partial charge in [-0.2, -0.15) is 0 Å². The van der Waals surface area contributed by atoms with Crippen molar-refractivity contribution in [3.63, 3.8) is 0 Å². The molecule has 1 heterocycles. The molecule has 0 saturated heterocycles. The van der Waals surface area contributed by atoms with E-state index in [0.29, 0.717) is 0 Å². The first-order valence-corrected chi connectivity index (χ1v) is 3.92. The topological polar surface area (TPSA) is 12.9 Å². The minimum Gasteiger partial charge on any atom is -0.241 e. The summed E-state index contributed by atoms with van der Waals surface area (Å²) >= 11 is 1.71. The lowest BCUT2D eigenvalue weighted by Gasteiger charge is -1.79. The smallest absolute Gasteiger partial charge is 0.0908 e. The molecule has 0 atom stereocenters. The third-order valence-corrected chi connectivity index (χ3v) is 2.26. The molecule has 0 aliphatic heterocycles. The Morgan fingerprint density at radius 3 is 3.30 bits per heavy atom. The first-order valence-electron chi connectivity index (χ1n) is 3.10. The quantitative estimate of drug-likeness (QED) is 0.559. The Morgan fingerprint density at radius 1 is 1.60 bits per heavy atom. The molecule has 2 rings (SSSR count). The first kappa shape index (κ1) is 5.86. The van der Waals surface area contributed by atoms with Crippen LogP contribution in [0.15, 0.2) is 18.2 Å². The van der Waals surface area contributed by atoms with Crippen LogP contribution in [-0.4, -0.2) is 4.98 Å². The summed E-state index contributed by atoms with van der Waals surface area (Å²) in [4.78, 5) is 4.28. The van der Waals surface area contributed by atoms with Crippen molar-refractivity contribution < 1.29 is 0 Å². The maximum absolute atomic E-state index is 4.28. The number of benzene rings is 1. The maximum Gasteiger partial charge on any atom is 0.0908 e. The Bertz CT molecular complexity index is 318. The van der Waals surface area contributed by atoms with E-state index in [9.17, 15) is 0 Å². The van der Waals surface area contributed by atoms with Gasteiger partial charge < -0.3 is 0 Å². The minimum atomic E-state index is 0.991. The van der Waals surface area contributed by atoms with Gasteiger partial charge in [0, 0.05) is 6.07 Å². The van der Waals surface area contributed by atoms with Crippen molar-refractivity contribution in [3.05, 3.63) is 29.3 Å². The summed E-state index contributed by atoms with van der Waals surface area (Å²) in [6.45, 7) is 2.01. The lowest BCUT2D eigenvalue weighted by molar-refractivity contribution is 1.34. The molecule has 0 aliphatic carbocycles. The van der Waals surface area contributed by atoms with E-state index in [2.05, 4.69) is 17.1 Å². The maximum atomic E-state index is 4.28. The predicted molar refractivity (Wildman–Crippen MR) is 43.2 cm³/mol. The fourth-order valence-corrected chi connectivity index (χ4v) is 1.72. The van der Waals surface area contributed by atoms with Crippen molar-refractivity contribution in [2.75, 3.05) is 0 Å². The van der Waals surface area contributed by atoms with Crippen molar-refractivity contribution in [2.45, 2.75) is 6.92 Å². The molecule has 2 heteroatoms. The van der Waals surface area contributed by atoms with Gasteiger partial charge in [-0.15, -0.1) is 11.3 Å². The van der Waals surface area contributed by atoms with Crippen LogP contribution >= 0.6 is 11.3 Å². The van der Waals surface area contributed by atoms with Crippen molar-refractivity contribution >= 4 is 21.6 Å². The normalized spacial score (nSPS) is 10.5. The van der Waals surface area contributed by atoms with Crippen LogP contribution in [0, 0.1) is 13.0 Å². The highest BCUT2D eigenvalue weighted by Crippen LogP contribution is 2.19. The summed E-state index contributed by atoms with van der Waals surface area (Å²) in [5.74, 6) is 0. The van der Waals surface area contributed by atoms with E-state index in [-0.39, 0.29) is 0 Å². The van der Waals surface area contributed by atoms with Crippen molar-refractivity contribution in [2.24, 2.45) is 0 Å². The molecule has 0 amide bonds. The second-order valence-corrected chi connectivity index (χ2v) is 3.35. The molecule has 2 aromatic rings. The van der Waals surface area contributed by atoms with Gasteiger partial charge in [0.2, 0.25) is 0 Å². The van der Waals surface area contributed by atoms with Crippen LogP contribution < -0.4 is 0 Å². The molecule has 0 fully saturated rings. The summed E-state index contributed by atoms with van der Waals surface area (Å²) < 4.78 is 1.22. The highest BCUT2D eigenvalue weighted by atomic mass is 32.1. The average molecular weight is 148 g/mol. The molecule has 10 heavy (non-hydrogen) atoms. The number of para-hydroxylation sites is 1. The lowest BCUT2D eigenvalue weighted by Crippen LogP contribution is -1.65. The van der Waals surface area contributed by atoms with Gasteiger partial charge in [0.25, 0.3) is 0 Å². The third-order valence-electron chi connectivity index (χ3n) is 1.32. The van der Waals surface area contributed by atoms with E-state index < -0.39 is 0 Å². The highest BCUT2D eigenvalue weighted by molar-refractivity contribution is 7.18. The van der Waals surface area contributed by atoms with Crippen LogP contribution in [0.4, 0.5) is 0 Å². The summed E-state index contributed by atoms with van der Waals surface area (Å²) in [5, 5.41) is 1.11. The molecular formula is C8H6NS. The second-order valence-electron chi connectivity index (χ2n) is 2.12. The number of rotatable bonds is 0. The molecule has 0 bridgehead atoms. The molecule has 49 valence electrons. The number of fused-ring (bicyclic) bond motifs is 1. The molecule has 1 aromatic carbocycles. The molecule has 0 spiro atoms. The SMILES string of the molecule is Cc1nc2[c]cccc2s1. The molecule has 0 N–H and O–H groups in total. The van der Waals surface area contributed by atoms with Gasteiger partial charge in [0.1, 0.15) is 0 Å². The standard InChI is InChI=1S/C8H6NS/c1-6-9-7-4-2-3-5-8(7)10-6/h2-3,5H,1H3. The molecule has 0 aliphatic rings. The van der Waals surface area contributed by atoms with Gasteiger partial charge in [-0.25, -0.2) is 4.98 Å². The van der Waals surface area contributed by atoms with Gasteiger partial charge in [-0.1, -0.05) is 12.1 Å². The molecule has 0 unspecified atom stereocenters. The number of hydrogen-bond donors (Lipinski definition) is 0. The molecular weight excluding hydrogens is 142 g/mol. The average Bonchev–Trinajstić information content (AvgIpc) is 2.27. The third kappa shape index (κ3) is 0.809. The first-order chi connectivity index (χ1) is 4.86. The van der Waals surface area contributed by atoms with E-state index in [0.717, 1.165) is 10.5 Å². The van der Waals surface area contributed by atoms with E-state index in [1.807, 2.05) is 19.1 Å². The van der Waals surface area contributed by atoms with Crippen molar-refractivity contribution in [3.8, 4) is 0 Å². The molecule has 1 aromatic heterocycles. The Balaban J connectivity index is 2.88. The van der Waals surface area contributed by atoms with Crippen LogP contribution in [0.5, 0.6) is 0 Å². The number of thiazole rings is 1. The van der Waals surface area contributed by atoms with Gasteiger partial charge >= 0.3 is 0 Å². The molecule has 1 nitrogen and oxygen atoms in total. The van der Waals surface area contributed by atoms with Gasteiger partial charge in [0.15, 0.2) is 0 Å². The number of aryl methyl sites for hydroxylation is 1. The zero-order valence-corrected chi connectivity index (χ0v) is 6.40. The Labute approximate surface area is 63.3 Å². The van der Waals surface area contributed by atoms with E-state index in [1.165, 1.54) is 4.70 Å². The summed E-state index contributed by atoms with van der Waals surface area (Å²) in [7, 11) is 0. The largest absolute Gasteiger partial charge is 0.241 e. The fraction of sp³-hybridized carbons (Fsp3) is 0.125. The van der Waals surface area contributed by atoms with Gasteiger partial charge in [0.05, 0.1) is 15.2 Å². The van der Waals surface area contributed by atoms with Crippen LogP contribution in [0.2, 0.25) is 0 Å². The van der Waals surface area contributed by atoms with Crippen LogP contribution in [0.3, 0.4) is 0 Å². The van der Waals surface area contributed by atoms with E-state index >= 15 is 0 Å². The van der Waals surface area contributed by atoms with Crippen molar-refractivity contribution in [1.29, 1.82) is 0 Å². The van der Waals surface area contributed by atoms with Gasteiger partial charge in [-0.3, -0.25) is 0 Å². The van der Waals surface area contributed by atoms with E-state index in [1.54, 1.807) is 11.3 Å². The fourth-order valence-electron chi connectivity index (χ4n) is 0.922. The number of nitrogens with zero attached hydrogens (tertiary/aromatic N) is 1. The molecule has 0 saturated carbocycles. The predicted octanol–water partition coefficient (Wildman–Crippen LogP) is 2.40. The lowest BCUT2D eigenvalue weighted by atomic mass is 10.3. The number of aromatic nitrogens is 1. The monoisotopic (exact) mass is 148 g/mol.